The summed E-state index contributed by atoms with van der Waals surface area (Å²) in [5.41, 5.74) is 0.668. The van der Waals surface area contributed by atoms with Gasteiger partial charge in [0.2, 0.25) is 11.8 Å². The number of carbonyl (C=O) groups excluding carboxylic acids is 3. The van der Waals surface area contributed by atoms with Gasteiger partial charge in [-0.25, -0.2) is 0 Å². The molecule has 3 fully saturated rings. The van der Waals surface area contributed by atoms with E-state index in [0.29, 0.717) is 5.69 Å². The molecule has 1 saturated heterocycles. The van der Waals surface area contributed by atoms with Crippen LogP contribution in [-0.4, -0.2) is 17.8 Å². The van der Waals surface area contributed by atoms with Crippen molar-refractivity contribution in [2.75, 3.05) is 4.90 Å². The number of benzene rings is 1. The molecular weight excluding hydrogens is 294 g/mol. The van der Waals surface area contributed by atoms with E-state index in [1.807, 2.05) is 0 Å². The lowest BCUT2D eigenvalue weighted by Gasteiger charge is -2.22. The third-order valence-corrected chi connectivity index (χ3v) is 6.21. The van der Waals surface area contributed by atoms with Gasteiger partial charge >= 0.3 is 0 Å². The first kappa shape index (κ1) is 13.0. The number of imide groups is 1. The van der Waals surface area contributed by atoms with E-state index in [2.05, 4.69) is 12.2 Å². The van der Waals surface area contributed by atoms with Gasteiger partial charge in [-0.3, -0.25) is 14.5 Å². The van der Waals surface area contributed by atoms with Crippen LogP contribution in [0.1, 0.15) is 23.2 Å². The van der Waals surface area contributed by atoms with Crippen LogP contribution in [0.2, 0.25) is 0 Å². The van der Waals surface area contributed by atoms with Gasteiger partial charge < -0.3 is 9.90 Å². The van der Waals surface area contributed by atoms with Crippen molar-refractivity contribution in [1.82, 2.24) is 0 Å². The highest BCUT2D eigenvalue weighted by Crippen LogP contribution is 2.73. The Kier molecular flexibility index (Phi) is 2.22. The Hall–Kier alpha value is -2.43. The van der Waals surface area contributed by atoms with Gasteiger partial charge in [0, 0.05) is 0 Å². The minimum absolute atomic E-state index is 0.0340. The number of nitrogens with zero attached hydrogens (tertiary/aromatic N) is 1. The number of hydrogen-bond acceptors (Lipinski definition) is 4. The quantitative estimate of drug-likeness (QED) is 0.597. The Morgan fingerprint density at radius 1 is 1.00 bits per heavy atom. The van der Waals surface area contributed by atoms with Crippen LogP contribution in [0, 0.1) is 29.1 Å². The molecule has 2 amide bonds. The van der Waals surface area contributed by atoms with Gasteiger partial charge in [0.1, 0.15) is 0 Å². The molecule has 2 saturated carbocycles. The summed E-state index contributed by atoms with van der Waals surface area (Å²) in [6.45, 7) is 0. The van der Waals surface area contributed by atoms with E-state index in [4.69, 9.17) is 0 Å². The summed E-state index contributed by atoms with van der Waals surface area (Å²) in [7, 11) is 0. The van der Waals surface area contributed by atoms with E-state index in [0.717, 1.165) is 12.8 Å². The topological polar surface area (TPSA) is 77.5 Å². The zero-order chi connectivity index (χ0) is 15.9. The summed E-state index contributed by atoms with van der Waals surface area (Å²) < 4.78 is 0. The summed E-state index contributed by atoms with van der Waals surface area (Å²) >= 11 is 0. The average Bonchev–Trinajstić information content (AvgIpc) is 3.13. The first-order valence-electron chi connectivity index (χ1n) is 7.92. The predicted octanol–water partition coefficient (Wildman–Crippen LogP) is 0.752. The van der Waals surface area contributed by atoms with Crippen LogP contribution >= 0.6 is 0 Å². The predicted molar refractivity (Wildman–Crippen MR) is 78.0 cm³/mol. The number of fused-ring (bicyclic) bond motifs is 3. The smallest absolute Gasteiger partial charge is 0.238 e. The molecule has 1 spiro atoms. The Balaban J connectivity index is 1.52. The molecule has 0 unspecified atom stereocenters. The number of carboxylic acids is 1. The van der Waals surface area contributed by atoms with Crippen LogP contribution in [0.4, 0.5) is 5.69 Å². The number of carboxylic acid groups (broad SMARTS) is 1. The largest absolute Gasteiger partial charge is 0.545 e. The third-order valence-electron chi connectivity index (χ3n) is 6.21. The Labute approximate surface area is 132 Å². The number of anilines is 1. The molecule has 3 aliphatic carbocycles. The zero-order valence-electron chi connectivity index (χ0n) is 12.3. The molecule has 4 atom stereocenters. The molecule has 5 nitrogen and oxygen atoms in total. The standard InChI is InChI=1S/C18H15NO4/c20-15-13-11-5-6-12(18(11)7-8-18)14(13)16(21)19(15)10-3-1-9(2-4-10)17(22)23/h1-6,11-14H,7-8H2,(H,22,23)/p-1/t11-,12+,13+,14-. The van der Waals surface area contributed by atoms with Crippen molar-refractivity contribution in [3.05, 3.63) is 42.0 Å². The maximum Gasteiger partial charge on any atom is 0.238 e. The normalized spacial score (nSPS) is 35.2. The fourth-order valence-electron chi connectivity index (χ4n) is 5.08. The van der Waals surface area contributed by atoms with E-state index in [1.54, 1.807) is 0 Å². The highest BCUT2D eigenvalue weighted by Gasteiger charge is 2.73. The highest BCUT2D eigenvalue weighted by atomic mass is 16.4. The molecule has 23 heavy (non-hydrogen) atoms. The zero-order valence-corrected chi connectivity index (χ0v) is 12.3. The van der Waals surface area contributed by atoms with E-state index in [-0.39, 0.29) is 46.5 Å². The Morgan fingerprint density at radius 2 is 1.52 bits per heavy atom. The summed E-state index contributed by atoms with van der Waals surface area (Å²) in [5.74, 6) is -1.62. The van der Waals surface area contributed by atoms with E-state index < -0.39 is 5.97 Å². The van der Waals surface area contributed by atoms with Crippen molar-refractivity contribution in [2.45, 2.75) is 12.8 Å². The Bertz CT molecular complexity index is 756. The van der Waals surface area contributed by atoms with Crippen LogP contribution < -0.4 is 10.0 Å². The summed E-state index contributed by atoms with van der Waals surface area (Å²) in [6, 6.07) is 5.75. The lowest BCUT2D eigenvalue weighted by atomic mass is 9.85. The van der Waals surface area contributed by atoms with Crippen molar-refractivity contribution in [3.8, 4) is 0 Å². The molecule has 5 rings (SSSR count). The SMILES string of the molecule is O=C([O-])c1ccc(N2C(=O)[C@@H]3[C@H](C2=O)[C@@H]2C=C[C@H]3C23CC3)cc1. The number of carbonyl (C=O) groups is 3. The molecule has 1 aliphatic heterocycles. The monoisotopic (exact) mass is 308 g/mol. The summed E-state index contributed by atoms with van der Waals surface area (Å²) in [6.07, 6.45) is 6.49. The van der Waals surface area contributed by atoms with Crippen molar-refractivity contribution in [1.29, 1.82) is 0 Å². The van der Waals surface area contributed by atoms with Crippen LogP contribution in [0.15, 0.2) is 36.4 Å². The number of hydrogen-bond donors (Lipinski definition) is 0. The second kappa shape index (κ2) is 3.91. The van der Waals surface area contributed by atoms with Gasteiger partial charge in [-0.05, 0) is 47.8 Å². The first-order chi connectivity index (χ1) is 11.0. The number of rotatable bonds is 2. The number of allylic oxidation sites excluding steroid dienone is 2. The van der Waals surface area contributed by atoms with Crippen molar-refractivity contribution < 1.29 is 19.5 Å². The molecule has 5 heteroatoms. The number of aromatic carboxylic acids is 1. The average molecular weight is 308 g/mol. The summed E-state index contributed by atoms with van der Waals surface area (Å²) in [4.78, 5) is 37.8. The molecule has 0 radical (unpaired) electrons. The molecule has 116 valence electrons. The highest BCUT2D eigenvalue weighted by molar-refractivity contribution is 6.23. The molecule has 1 aromatic carbocycles. The van der Waals surface area contributed by atoms with Gasteiger partial charge in [-0.15, -0.1) is 0 Å². The fourth-order valence-corrected chi connectivity index (χ4v) is 5.08. The fraction of sp³-hybridized carbons (Fsp3) is 0.389. The first-order valence-corrected chi connectivity index (χ1v) is 7.92. The molecule has 0 aromatic heterocycles. The second-order valence-corrected chi connectivity index (χ2v) is 7.07. The Morgan fingerprint density at radius 3 is 1.96 bits per heavy atom. The molecule has 1 heterocycles. The molecule has 2 bridgehead atoms. The van der Waals surface area contributed by atoms with Gasteiger partial charge in [0.05, 0.1) is 23.5 Å². The minimum atomic E-state index is -1.27. The second-order valence-electron chi connectivity index (χ2n) is 7.07. The van der Waals surface area contributed by atoms with Crippen LogP contribution in [0.5, 0.6) is 0 Å². The minimum Gasteiger partial charge on any atom is -0.545 e. The lowest BCUT2D eigenvalue weighted by Crippen LogP contribution is -2.34. The maximum absolute atomic E-state index is 12.9. The van der Waals surface area contributed by atoms with Crippen molar-refractivity contribution in [3.63, 3.8) is 0 Å². The molecule has 4 aliphatic rings. The lowest BCUT2D eigenvalue weighted by molar-refractivity contribution is -0.255. The van der Waals surface area contributed by atoms with Crippen LogP contribution in [0.3, 0.4) is 0 Å². The van der Waals surface area contributed by atoms with E-state index in [1.165, 1.54) is 29.2 Å². The van der Waals surface area contributed by atoms with Gasteiger partial charge in [-0.1, -0.05) is 24.3 Å². The van der Waals surface area contributed by atoms with E-state index >= 15 is 0 Å². The van der Waals surface area contributed by atoms with Crippen LogP contribution in [0.25, 0.3) is 0 Å². The van der Waals surface area contributed by atoms with Crippen molar-refractivity contribution in [2.24, 2.45) is 29.1 Å². The van der Waals surface area contributed by atoms with Crippen molar-refractivity contribution >= 4 is 23.5 Å². The third kappa shape index (κ3) is 1.41. The maximum atomic E-state index is 12.9. The van der Waals surface area contributed by atoms with E-state index in [9.17, 15) is 19.5 Å². The number of amides is 2. The molecule has 1 aromatic rings. The van der Waals surface area contributed by atoms with Gasteiger partial charge in [-0.2, -0.15) is 0 Å². The van der Waals surface area contributed by atoms with Gasteiger partial charge in [0.25, 0.3) is 0 Å². The van der Waals surface area contributed by atoms with Crippen LogP contribution in [-0.2, 0) is 9.59 Å². The molecular formula is C18H14NO4-. The molecule has 0 N–H and O–H groups in total. The van der Waals surface area contributed by atoms with Gasteiger partial charge in [0.15, 0.2) is 0 Å². The summed E-state index contributed by atoms with van der Waals surface area (Å²) in [5, 5.41) is 10.8.